The number of anilines is 3. The zero-order valence-corrected chi connectivity index (χ0v) is 12.7. The Hall–Kier alpha value is -1.78. The van der Waals surface area contributed by atoms with Gasteiger partial charge in [0, 0.05) is 27.4 Å². The van der Waals surface area contributed by atoms with E-state index in [4.69, 9.17) is 17.3 Å². The molecule has 1 aromatic heterocycles. The molecule has 20 heavy (non-hydrogen) atoms. The highest BCUT2D eigenvalue weighted by atomic mass is 79.9. The quantitative estimate of drug-likeness (QED) is 0.642. The van der Waals surface area contributed by atoms with Gasteiger partial charge in [-0.25, -0.2) is 0 Å². The number of nitrogens with two attached hydrogens (primary N) is 1. The fourth-order valence-corrected chi connectivity index (χ4v) is 2.52. The number of benzene rings is 2. The number of hydrogen-bond acceptors (Lipinski definition) is 3. The van der Waals surface area contributed by atoms with Crippen LogP contribution in [0.4, 0.5) is 17.1 Å². The van der Waals surface area contributed by atoms with Crippen LogP contribution in [0.5, 0.6) is 0 Å². The molecule has 100 valence electrons. The van der Waals surface area contributed by atoms with Crippen LogP contribution in [-0.4, -0.2) is 4.98 Å². The van der Waals surface area contributed by atoms with Crippen LogP contribution >= 0.6 is 27.5 Å². The van der Waals surface area contributed by atoms with Gasteiger partial charge in [-0.1, -0.05) is 11.6 Å². The van der Waals surface area contributed by atoms with Crippen molar-refractivity contribution in [1.29, 1.82) is 0 Å². The predicted octanol–water partition coefficient (Wildman–Crippen LogP) is 4.98. The Kier molecular flexibility index (Phi) is 3.51. The van der Waals surface area contributed by atoms with Crippen LogP contribution < -0.4 is 11.1 Å². The van der Waals surface area contributed by atoms with Crippen LogP contribution in [0.15, 0.2) is 53.1 Å². The molecule has 3 nitrogen and oxygen atoms in total. The van der Waals surface area contributed by atoms with Gasteiger partial charge < -0.3 is 11.1 Å². The third-order valence-electron chi connectivity index (χ3n) is 3.00. The number of pyridine rings is 1. The SMILES string of the molecule is Nc1ccc(Nc2ccc(Cl)c(Br)c2)c2ncccc12. The Morgan fingerprint density at radius 2 is 2.00 bits per heavy atom. The second-order valence-electron chi connectivity index (χ2n) is 4.36. The van der Waals surface area contributed by atoms with E-state index < -0.39 is 0 Å². The standard InChI is InChI=1S/C15H11BrClN3/c16-11-8-9(3-4-12(11)17)20-14-6-5-13(18)10-2-1-7-19-15(10)14/h1-8,20H,18H2. The monoisotopic (exact) mass is 347 g/mol. The molecule has 0 atom stereocenters. The molecule has 3 aromatic rings. The largest absolute Gasteiger partial charge is 0.398 e. The van der Waals surface area contributed by atoms with Crippen LogP contribution in [0.25, 0.3) is 10.9 Å². The van der Waals surface area contributed by atoms with Crippen molar-refractivity contribution in [2.24, 2.45) is 0 Å². The molecule has 0 aliphatic heterocycles. The zero-order valence-electron chi connectivity index (χ0n) is 10.4. The van der Waals surface area contributed by atoms with E-state index in [1.54, 1.807) is 6.20 Å². The first kappa shape index (κ1) is 13.2. The lowest BCUT2D eigenvalue weighted by Crippen LogP contribution is -1.95. The van der Waals surface area contributed by atoms with E-state index in [0.29, 0.717) is 5.02 Å². The third-order valence-corrected chi connectivity index (χ3v) is 4.22. The Morgan fingerprint density at radius 3 is 2.80 bits per heavy atom. The second kappa shape index (κ2) is 5.31. The molecule has 0 fully saturated rings. The first-order valence-corrected chi connectivity index (χ1v) is 7.17. The summed E-state index contributed by atoms with van der Waals surface area (Å²) in [6.07, 6.45) is 1.75. The summed E-state index contributed by atoms with van der Waals surface area (Å²) >= 11 is 9.41. The fourth-order valence-electron chi connectivity index (χ4n) is 2.02. The van der Waals surface area contributed by atoms with Gasteiger partial charge in [-0.15, -0.1) is 0 Å². The summed E-state index contributed by atoms with van der Waals surface area (Å²) in [7, 11) is 0. The third kappa shape index (κ3) is 2.44. The highest BCUT2D eigenvalue weighted by molar-refractivity contribution is 9.10. The fraction of sp³-hybridized carbons (Fsp3) is 0. The number of aromatic nitrogens is 1. The Labute approximate surface area is 129 Å². The molecule has 0 radical (unpaired) electrons. The number of hydrogen-bond donors (Lipinski definition) is 2. The van der Waals surface area contributed by atoms with E-state index in [9.17, 15) is 0 Å². The van der Waals surface area contributed by atoms with Crippen molar-refractivity contribution in [3.05, 3.63) is 58.2 Å². The highest BCUT2D eigenvalue weighted by Gasteiger charge is 2.06. The van der Waals surface area contributed by atoms with Crippen molar-refractivity contribution in [2.75, 3.05) is 11.1 Å². The molecular formula is C15H11BrClN3. The molecule has 0 aliphatic carbocycles. The molecule has 0 spiro atoms. The minimum Gasteiger partial charge on any atom is -0.398 e. The molecule has 0 saturated carbocycles. The van der Waals surface area contributed by atoms with E-state index >= 15 is 0 Å². The lowest BCUT2D eigenvalue weighted by atomic mass is 10.1. The highest BCUT2D eigenvalue weighted by Crippen LogP contribution is 2.31. The molecular weight excluding hydrogens is 338 g/mol. The van der Waals surface area contributed by atoms with Crippen molar-refractivity contribution in [1.82, 2.24) is 4.98 Å². The molecule has 3 N–H and O–H groups in total. The minimum absolute atomic E-state index is 0.677. The molecule has 0 amide bonds. The summed E-state index contributed by atoms with van der Waals surface area (Å²) in [4.78, 5) is 4.40. The van der Waals surface area contributed by atoms with E-state index in [1.807, 2.05) is 42.5 Å². The first-order chi connectivity index (χ1) is 9.65. The summed E-state index contributed by atoms with van der Waals surface area (Å²) < 4.78 is 0.844. The van der Waals surface area contributed by atoms with Gasteiger partial charge in [0.1, 0.15) is 0 Å². The Bertz CT molecular complexity index is 789. The number of rotatable bonds is 2. The van der Waals surface area contributed by atoms with Crippen LogP contribution in [0, 0.1) is 0 Å². The molecule has 0 unspecified atom stereocenters. The van der Waals surface area contributed by atoms with Crippen molar-refractivity contribution in [2.45, 2.75) is 0 Å². The second-order valence-corrected chi connectivity index (χ2v) is 5.62. The predicted molar refractivity (Wildman–Crippen MR) is 88.6 cm³/mol. The number of halogens is 2. The smallest absolute Gasteiger partial charge is 0.0957 e. The molecule has 5 heteroatoms. The maximum Gasteiger partial charge on any atom is 0.0957 e. The van der Waals surface area contributed by atoms with Crippen molar-refractivity contribution in [3.63, 3.8) is 0 Å². The average Bonchev–Trinajstić information content (AvgIpc) is 2.46. The summed E-state index contributed by atoms with van der Waals surface area (Å²) in [5.41, 5.74) is 9.37. The van der Waals surface area contributed by atoms with Crippen LogP contribution in [0.1, 0.15) is 0 Å². The topological polar surface area (TPSA) is 50.9 Å². The summed E-state index contributed by atoms with van der Waals surface area (Å²) in [6.45, 7) is 0. The molecule has 0 aliphatic rings. The zero-order chi connectivity index (χ0) is 14.1. The molecule has 1 heterocycles. The van der Waals surface area contributed by atoms with Gasteiger partial charge in [0.15, 0.2) is 0 Å². The van der Waals surface area contributed by atoms with Gasteiger partial charge in [0.25, 0.3) is 0 Å². The van der Waals surface area contributed by atoms with Crippen LogP contribution in [0.2, 0.25) is 5.02 Å². The van der Waals surface area contributed by atoms with Gasteiger partial charge in [-0.3, -0.25) is 4.98 Å². The number of nitrogens with one attached hydrogen (secondary N) is 1. The van der Waals surface area contributed by atoms with Gasteiger partial charge in [-0.2, -0.15) is 0 Å². The Morgan fingerprint density at radius 1 is 1.15 bits per heavy atom. The number of nitrogens with zero attached hydrogens (tertiary/aromatic N) is 1. The van der Waals surface area contributed by atoms with Gasteiger partial charge in [-0.05, 0) is 58.4 Å². The van der Waals surface area contributed by atoms with E-state index in [1.165, 1.54) is 0 Å². The first-order valence-electron chi connectivity index (χ1n) is 6.00. The number of fused-ring (bicyclic) bond motifs is 1. The molecule has 0 saturated heterocycles. The minimum atomic E-state index is 0.677. The lowest BCUT2D eigenvalue weighted by molar-refractivity contribution is 1.40. The van der Waals surface area contributed by atoms with Gasteiger partial charge >= 0.3 is 0 Å². The van der Waals surface area contributed by atoms with Crippen molar-refractivity contribution in [3.8, 4) is 0 Å². The average molecular weight is 349 g/mol. The maximum atomic E-state index is 6.00. The van der Waals surface area contributed by atoms with Gasteiger partial charge in [0.2, 0.25) is 0 Å². The van der Waals surface area contributed by atoms with E-state index in [2.05, 4.69) is 26.2 Å². The van der Waals surface area contributed by atoms with E-state index in [-0.39, 0.29) is 0 Å². The normalized spacial score (nSPS) is 10.7. The Balaban J connectivity index is 2.06. The summed E-state index contributed by atoms with van der Waals surface area (Å²) in [6, 6.07) is 13.3. The maximum absolute atomic E-state index is 6.00. The van der Waals surface area contributed by atoms with Crippen LogP contribution in [0.3, 0.4) is 0 Å². The van der Waals surface area contributed by atoms with Crippen molar-refractivity contribution < 1.29 is 0 Å². The molecule has 3 rings (SSSR count). The lowest BCUT2D eigenvalue weighted by Gasteiger charge is -2.11. The van der Waals surface area contributed by atoms with E-state index in [0.717, 1.165) is 32.4 Å². The molecule has 0 bridgehead atoms. The summed E-state index contributed by atoms with van der Waals surface area (Å²) in [5, 5.41) is 4.95. The number of nitrogen functional groups attached to an aromatic ring is 1. The summed E-state index contributed by atoms with van der Waals surface area (Å²) in [5.74, 6) is 0. The molecule has 2 aromatic carbocycles. The van der Waals surface area contributed by atoms with Crippen LogP contribution in [-0.2, 0) is 0 Å². The van der Waals surface area contributed by atoms with Gasteiger partial charge in [0.05, 0.1) is 16.2 Å². The van der Waals surface area contributed by atoms with Crippen molar-refractivity contribution >= 4 is 55.5 Å².